The molecule has 0 radical (unpaired) electrons. The molecule has 0 aromatic rings. The van der Waals surface area contributed by atoms with Crippen LogP contribution in [0.25, 0.3) is 0 Å². The maximum Gasteiger partial charge on any atom is 0.0757 e. The van der Waals surface area contributed by atoms with Crippen LogP contribution in [0.3, 0.4) is 0 Å². The van der Waals surface area contributed by atoms with Gasteiger partial charge < -0.3 is 0 Å². The highest BCUT2D eigenvalue weighted by atomic mass is 14.3. The Labute approximate surface area is 69.0 Å². The third kappa shape index (κ3) is 3.62. The molecule has 1 unspecified atom stereocenters. The lowest BCUT2D eigenvalue weighted by Gasteiger charge is -2.12. The van der Waals surface area contributed by atoms with Gasteiger partial charge in [0.05, 0.1) is 11.5 Å². The van der Waals surface area contributed by atoms with E-state index in [1.54, 1.807) is 6.08 Å². The van der Waals surface area contributed by atoms with Gasteiger partial charge in [0.15, 0.2) is 0 Å². The first-order valence-electron chi connectivity index (χ1n) is 3.88. The summed E-state index contributed by atoms with van der Waals surface area (Å²) in [5, 5.41) is 8.73. The standard InChI is InChI=1S/C10H15N/c1-4-6-7-8-10(3,5-2)9-11/h5-7H,2,4,8H2,1,3H3/b7-6+. The quantitative estimate of drug-likeness (QED) is 0.563. The molecule has 0 aliphatic heterocycles. The lowest BCUT2D eigenvalue weighted by molar-refractivity contribution is 0.579. The summed E-state index contributed by atoms with van der Waals surface area (Å²) in [7, 11) is 0. The molecule has 1 heteroatoms. The highest BCUT2D eigenvalue weighted by Gasteiger charge is 2.16. The molecule has 60 valence electrons. The van der Waals surface area contributed by atoms with Crippen molar-refractivity contribution in [3.8, 4) is 6.07 Å². The van der Waals surface area contributed by atoms with Gasteiger partial charge in [-0.3, -0.25) is 0 Å². The van der Waals surface area contributed by atoms with Crippen LogP contribution in [0.1, 0.15) is 26.7 Å². The zero-order valence-electron chi connectivity index (χ0n) is 7.30. The van der Waals surface area contributed by atoms with E-state index in [1.807, 2.05) is 13.0 Å². The fourth-order valence-electron chi connectivity index (χ4n) is 0.669. The van der Waals surface area contributed by atoms with Crippen LogP contribution in [-0.2, 0) is 0 Å². The average molecular weight is 149 g/mol. The summed E-state index contributed by atoms with van der Waals surface area (Å²) >= 11 is 0. The van der Waals surface area contributed by atoms with E-state index in [1.165, 1.54) is 0 Å². The van der Waals surface area contributed by atoms with Crippen LogP contribution in [0.15, 0.2) is 24.8 Å². The molecule has 1 atom stereocenters. The Kier molecular flexibility index (Phi) is 4.29. The van der Waals surface area contributed by atoms with Crippen molar-refractivity contribution in [2.24, 2.45) is 5.41 Å². The van der Waals surface area contributed by atoms with Crippen LogP contribution in [0.2, 0.25) is 0 Å². The van der Waals surface area contributed by atoms with Gasteiger partial charge >= 0.3 is 0 Å². The predicted octanol–water partition coefficient (Wildman–Crippen LogP) is 3.06. The summed E-state index contributed by atoms with van der Waals surface area (Å²) in [6, 6.07) is 2.22. The third-order valence-electron chi connectivity index (χ3n) is 1.65. The minimum atomic E-state index is -0.383. The molecular weight excluding hydrogens is 134 g/mol. The van der Waals surface area contributed by atoms with Crippen LogP contribution in [0.4, 0.5) is 0 Å². The lowest BCUT2D eigenvalue weighted by atomic mass is 9.89. The molecule has 11 heavy (non-hydrogen) atoms. The summed E-state index contributed by atoms with van der Waals surface area (Å²) < 4.78 is 0. The van der Waals surface area contributed by atoms with Gasteiger partial charge in [0, 0.05) is 0 Å². The Morgan fingerprint density at radius 3 is 2.55 bits per heavy atom. The second kappa shape index (κ2) is 4.73. The highest BCUT2D eigenvalue weighted by Crippen LogP contribution is 2.21. The maximum atomic E-state index is 8.73. The van der Waals surface area contributed by atoms with Gasteiger partial charge in [0.1, 0.15) is 0 Å². The van der Waals surface area contributed by atoms with E-state index in [-0.39, 0.29) is 5.41 Å². The van der Waals surface area contributed by atoms with E-state index < -0.39 is 0 Å². The first-order chi connectivity index (χ1) is 5.18. The molecule has 0 aromatic carbocycles. The summed E-state index contributed by atoms with van der Waals surface area (Å²) in [6.45, 7) is 7.59. The summed E-state index contributed by atoms with van der Waals surface area (Å²) in [5.41, 5.74) is -0.383. The van der Waals surface area contributed by atoms with Crippen molar-refractivity contribution in [2.75, 3.05) is 0 Å². The second-order valence-corrected chi connectivity index (χ2v) is 2.82. The van der Waals surface area contributed by atoms with E-state index in [0.29, 0.717) is 0 Å². The molecule has 0 spiro atoms. The number of hydrogen-bond acceptors (Lipinski definition) is 1. The smallest absolute Gasteiger partial charge is 0.0757 e. The van der Waals surface area contributed by atoms with Crippen molar-refractivity contribution >= 4 is 0 Å². The first kappa shape index (κ1) is 9.97. The third-order valence-corrected chi connectivity index (χ3v) is 1.65. The van der Waals surface area contributed by atoms with E-state index >= 15 is 0 Å². The van der Waals surface area contributed by atoms with E-state index in [2.05, 4.69) is 25.6 Å². The van der Waals surface area contributed by atoms with Crippen LogP contribution < -0.4 is 0 Å². The van der Waals surface area contributed by atoms with Crippen molar-refractivity contribution in [1.29, 1.82) is 5.26 Å². The van der Waals surface area contributed by atoms with Crippen molar-refractivity contribution in [3.05, 3.63) is 24.8 Å². The van der Waals surface area contributed by atoms with Crippen molar-refractivity contribution in [3.63, 3.8) is 0 Å². The van der Waals surface area contributed by atoms with Gasteiger partial charge in [0.2, 0.25) is 0 Å². The molecule has 0 bridgehead atoms. The Bertz CT molecular complexity index is 186. The van der Waals surface area contributed by atoms with Crippen LogP contribution in [-0.4, -0.2) is 0 Å². The molecule has 0 saturated carbocycles. The topological polar surface area (TPSA) is 23.8 Å². The molecule has 0 rings (SSSR count). The second-order valence-electron chi connectivity index (χ2n) is 2.82. The molecule has 0 N–H and O–H groups in total. The molecular formula is C10H15N. The van der Waals surface area contributed by atoms with E-state index in [4.69, 9.17) is 5.26 Å². The number of rotatable bonds is 4. The fraction of sp³-hybridized carbons (Fsp3) is 0.500. The van der Waals surface area contributed by atoms with Crippen molar-refractivity contribution < 1.29 is 0 Å². The van der Waals surface area contributed by atoms with E-state index in [0.717, 1.165) is 12.8 Å². The Morgan fingerprint density at radius 1 is 1.55 bits per heavy atom. The zero-order chi connectivity index (χ0) is 8.74. The van der Waals surface area contributed by atoms with Crippen molar-refractivity contribution in [1.82, 2.24) is 0 Å². The zero-order valence-corrected chi connectivity index (χ0v) is 7.30. The Hall–Kier alpha value is -1.03. The van der Waals surface area contributed by atoms with Crippen LogP contribution in [0.5, 0.6) is 0 Å². The van der Waals surface area contributed by atoms with Crippen molar-refractivity contribution in [2.45, 2.75) is 26.7 Å². The van der Waals surface area contributed by atoms with Gasteiger partial charge in [-0.15, -0.1) is 6.58 Å². The molecule has 0 amide bonds. The number of nitrogens with zero attached hydrogens (tertiary/aromatic N) is 1. The predicted molar refractivity (Wildman–Crippen MR) is 48.0 cm³/mol. The number of allylic oxidation sites excluding steroid dienone is 3. The van der Waals surface area contributed by atoms with Gasteiger partial charge in [-0.25, -0.2) is 0 Å². The molecule has 0 aliphatic rings. The van der Waals surface area contributed by atoms with Gasteiger partial charge in [-0.2, -0.15) is 5.26 Å². The minimum absolute atomic E-state index is 0.383. The normalized spacial score (nSPS) is 15.7. The van der Waals surface area contributed by atoms with Crippen LogP contribution >= 0.6 is 0 Å². The minimum Gasteiger partial charge on any atom is -0.197 e. The van der Waals surface area contributed by atoms with E-state index in [9.17, 15) is 0 Å². The van der Waals surface area contributed by atoms with Gasteiger partial charge in [-0.1, -0.05) is 25.2 Å². The molecule has 1 nitrogen and oxygen atoms in total. The summed E-state index contributed by atoms with van der Waals surface area (Å²) in [4.78, 5) is 0. The molecule has 0 aliphatic carbocycles. The Morgan fingerprint density at radius 2 is 2.18 bits per heavy atom. The maximum absolute atomic E-state index is 8.73. The number of hydrogen-bond donors (Lipinski definition) is 0. The summed E-state index contributed by atoms with van der Waals surface area (Å²) in [5.74, 6) is 0. The lowest BCUT2D eigenvalue weighted by Crippen LogP contribution is -2.07. The first-order valence-corrected chi connectivity index (χ1v) is 3.88. The molecule has 0 saturated heterocycles. The Balaban J connectivity index is 4.01. The molecule has 0 aromatic heterocycles. The molecule has 0 heterocycles. The summed E-state index contributed by atoms with van der Waals surface area (Å²) in [6.07, 6.45) is 7.59. The van der Waals surface area contributed by atoms with Gasteiger partial charge in [-0.05, 0) is 19.8 Å². The number of nitriles is 1. The van der Waals surface area contributed by atoms with Gasteiger partial charge in [0.25, 0.3) is 0 Å². The SMILES string of the molecule is C=CC(C)(C#N)C/C=C/CC. The van der Waals surface area contributed by atoms with Crippen LogP contribution in [0, 0.1) is 16.7 Å². The fourth-order valence-corrected chi connectivity index (χ4v) is 0.669. The molecule has 0 fully saturated rings. The highest BCUT2D eigenvalue weighted by molar-refractivity contribution is 5.10. The monoisotopic (exact) mass is 149 g/mol. The largest absolute Gasteiger partial charge is 0.197 e. The average Bonchev–Trinajstić information content (AvgIpc) is 2.05.